The standard InChI is InChI=1S/C14H16ClFO4/c1-14(2,3)20-13(19)9(12(17)18)6-8-4-5-10(15)11(16)7-8/h4-5,7,9H,6H2,1-3H3,(H,17,18)/t9-/m1/s1. The summed E-state index contributed by atoms with van der Waals surface area (Å²) in [5.74, 6) is -4.19. The first-order valence-corrected chi connectivity index (χ1v) is 6.37. The Morgan fingerprint density at radius 2 is 2.00 bits per heavy atom. The van der Waals surface area contributed by atoms with Gasteiger partial charge in [-0.25, -0.2) is 4.39 Å². The van der Waals surface area contributed by atoms with Crippen LogP contribution in [0.4, 0.5) is 4.39 Å². The van der Waals surface area contributed by atoms with Gasteiger partial charge in [0.05, 0.1) is 5.02 Å². The molecule has 1 aromatic carbocycles. The summed E-state index contributed by atoms with van der Waals surface area (Å²) in [5.41, 5.74) is -0.416. The highest BCUT2D eigenvalue weighted by Crippen LogP contribution is 2.20. The minimum atomic E-state index is -1.38. The highest BCUT2D eigenvalue weighted by Gasteiger charge is 2.31. The van der Waals surface area contributed by atoms with E-state index in [0.717, 1.165) is 6.07 Å². The molecule has 0 radical (unpaired) electrons. The molecule has 0 spiro atoms. The fourth-order valence-corrected chi connectivity index (χ4v) is 1.66. The Bertz CT molecular complexity index is 522. The normalized spacial score (nSPS) is 12.8. The van der Waals surface area contributed by atoms with Crippen molar-refractivity contribution in [2.45, 2.75) is 32.8 Å². The topological polar surface area (TPSA) is 63.6 Å². The predicted molar refractivity (Wildman–Crippen MR) is 72.1 cm³/mol. The molecule has 4 nitrogen and oxygen atoms in total. The Kier molecular flexibility index (Phi) is 5.11. The van der Waals surface area contributed by atoms with Crippen LogP contribution >= 0.6 is 11.6 Å². The minimum Gasteiger partial charge on any atom is -0.481 e. The molecule has 1 aromatic rings. The van der Waals surface area contributed by atoms with Crippen molar-refractivity contribution >= 4 is 23.5 Å². The molecular weight excluding hydrogens is 287 g/mol. The molecular formula is C14H16ClFO4. The molecule has 0 aromatic heterocycles. The van der Waals surface area contributed by atoms with Gasteiger partial charge in [0.2, 0.25) is 0 Å². The molecule has 1 N–H and O–H groups in total. The molecule has 0 saturated heterocycles. The summed E-state index contributed by atoms with van der Waals surface area (Å²) in [7, 11) is 0. The molecule has 0 fully saturated rings. The van der Waals surface area contributed by atoms with Crippen molar-refractivity contribution < 1.29 is 23.8 Å². The Hall–Kier alpha value is -1.62. The van der Waals surface area contributed by atoms with Gasteiger partial charge in [-0.15, -0.1) is 0 Å². The number of ether oxygens (including phenoxy) is 1. The number of carbonyl (C=O) groups excluding carboxylic acids is 1. The minimum absolute atomic E-state index is 0.0575. The maximum Gasteiger partial charge on any atom is 0.321 e. The van der Waals surface area contributed by atoms with E-state index in [1.54, 1.807) is 20.8 Å². The van der Waals surface area contributed by atoms with Crippen molar-refractivity contribution in [1.29, 1.82) is 0 Å². The summed E-state index contributed by atoms with van der Waals surface area (Å²) in [6.45, 7) is 4.93. The average molecular weight is 303 g/mol. The molecule has 20 heavy (non-hydrogen) atoms. The van der Waals surface area contributed by atoms with Crippen molar-refractivity contribution in [3.8, 4) is 0 Å². The van der Waals surface area contributed by atoms with Gasteiger partial charge in [0.15, 0.2) is 5.92 Å². The zero-order chi connectivity index (χ0) is 15.5. The Morgan fingerprint density at radius 3 is 2.45 bits per heavy atom. The average Bonchev–Trinajstić information content (AvgIpc) is 2.27. The van der Waals surface area contributed by atoms with Gasteiger partial charge < -0.3 is 9.84 Å². The first-order valence-electron chi connectivity index (χ1n) is 6.00. The third-order valence-electron chi connectivity index (χ3n) is 2.41. The van der Waals surface area contributed by atoms with E-state index in [0.29, 0.717) is 5.56 Å². The van der Waals surface area contributed by atoms with E-state index in [4.69, 9.17) is 21.4 Å². The first kappa shape index (κ1) is 16.4. The van der Waals surface area contributed by atoms with Gasteiger partial charge in [-0.05, 0) is 44.9 Å². The molecule has 110 valence electrons. The molecule has 1 rings (SSSR count). The lowest BCUT2D eigenvalue weighted by atomic mass is 9.99. The Labute approximate surface area is 121 Å². The van der Waals surface area contributed by atoms with Crippen molar-refractivity contribution in [3.05, 3.63) is 34.6 Å². The lowest BCUT2D eigenvalue weighted by Crippen LogP contribution is -2.34. The molecule has 1 atom stereocenters. The molecule has 0 amide bonds. The molecule has 0 saturated carbocycles. The third-order valence-corrected chi connectivity index (χ3v) is 2.72. The highest BCUT2D eigenvalue weighted by atomic mass is 35.5. The number of aliphatic carboxylic acids is 1. The second-order valence-electron chi connectivity index (χ2n) is 5.38. The van der Waals surface area contributed by atoms with Gasteiger partial charge in [0, 0.05) is 0 Å². The van der Waals surface area contributed by atoms with Crippen LogP contribution < -0.4 is 0 Å². The van der Waals surface area contributed by atoms with Crippen LogP contribution in [0.25, 0.3) is 0 Å². The van der Waals surface area contributed by atoms with Gasteiger partial charge in [-0.3, -0.25) is 9.59 Å². The molecule has 0 aliphatic heterocycles. The summed E-state index contributed by atoms with van der Waals surface area (Å²) in [5, 5.41) is 9.05. The van der Waals surface area contributed by atoms with E-state index >= 15 is 0 Å². The van der Waals surface area contributed by atoms with E-state index in [1.165, 1.54) is 12.1 Å². The maximum atomic E-state index is 13.3. The molecule has 6 heteroatoms. The number of halogens is 2. The third kappa shape index (κ3) is 4.81. The fraction of sp³-hybridized carbons (Fsp3) is 0.429. The van der Waals surface area contributed by atoms with E-state index in [9.17, 15) is 14.0 Å². The van der Waals surface area contributed by atoms with Gasteiger partial charge >= 0.3 is 11.9 Å². The van der Waals surface area contributed by atoms with Crippen molar-refractivity contribution in [1.82, 2.24) is 0 Å². The lowest BCUT2D eigenvalue weighted by Gasteiger charge is -2.22. The number of carboxylic acids is 1. The molecule has 0 aliphatic rings. The summed E-state index contributed by atoms with van der Waals surface area (Å²) >= 11 is 5.55. The van der Waals surface area contributed by atoms with Gasteiger partial charge in [-0.2, -0.15) is 0 Å². The highest BCUT2D eigenvalue weighted by molar-refractivity contribution is 6.30. The van der Waals surface area contributed by atoms with Crippen LogP contribution in [-0.2, 0) is 20.7 Å². The Morgan fingerprint density at radius 1 is 1.40 bits per heavy atom. The molecule has 0 aliphatic carbocycles. The fourth-order valence-electron chi connectivity index (χ4n) is 1.55. The van der Waals surface area contributed by atoms with Crippen LogP contribution in [-0.4, -0.2) is 22.6 Å². The van der Waals surface area contributed by atoms with E-state index < -0.39 is 29.3 Å². The zero-order valence-electron chi connectivity index (χ0n) is 11.4. The van der Waals surface area contributed by atoms with Gasteiger partial charge in [-0.1, -0.05) is 17.7 Å². The monoisotopic (exact) mass is 302 g/mol. The second-order valence-corrected chi connectivity index (χ2v) is 5.78. The van der Waals surface area contributed by atoms with E-state index in [-0.39, 0.29) is 11.4 Å². The van der Waals surface area contributed by atoms with Crippen LogP contribution in [0.2, 0.25) is 5.02 Å². The number of carbonyl (C=O) groups is 2. The Balaban J connectivity index is 2.90. The number of hydrogen-bond donors (Lipinski definition) is 1. The smallest absolute Gasteiger partial charge is 0.321 e. The van der Waals surface area contributed by atoms with Crippen LogP contribution in [0.5, 0.6) is 0 Å². The quantitative estimate of drug-likeness (QED) is 0.686. The van der Waals surface area contributed by atoms with Gasteiger partial charge in [0.25, 0.3) is 0 Å². The first-order chi connectivity index (χ1) is 9.10. The summed E-state index contributed by atoms with van der Waals surface area (Å²) in [6, 6.07) is 3.91. The van der Waals surface area contributed by atoms with E-state index in [2.05, 4.69) is 0 Å². The molecule has 0 unspecified atom stereocenters. The number of benzene rings is 1. The van der Waals surface area contributed by atoms with Crippen LogP contribution in [0.3, 0.4) is 0 Å². The summed E-state index contributed by atoms with van der Waals surface area (Å²) in [4.78, 5) is 23.0. The number of rotatable bonds is 4. The molecule has 0 bridgehead atoms. The van der Waals surface area contributed by atoms with Crippen LogP contribution in [0.15, 0.2) is 18.2 Å². The second kappa shape index (κ2) is 6.22. The molecule has 0 heterocycles. The summed E-state index contributed by atoms with van der Waals surface area (Å²) < 4.78 is 18.4. The van der Waals surface area contributed by atoms with Crippen molar-refractivity contribution in [2.75, 3.05) is 0 Å². The van der Waals surface area contributed by atoms with Crippen molar-refractivity contribution in [3.63, 3.8) is 0 Å². The number of esters is 1. The lowest BCUT2D eigenvalue weighted by molar-refractivity contribution is -0.166. The van der Waals surface area contributed by atoms with Gasteiger partial charge in [0.1, 0.15) is 11.4 Å². The van der Waals surface area contributed by atoms with E-state index in [1.807, 2.05) is 0 Å². The van der Waals surface area contributed by atoms with Crippen LogP contribution in [0.1, 0.15) is 26.3 Å². The zero-order valence-corrected chi connectivity index (χ0v) is 12.2. The largest absolute Gasteiger partial charge is 0.481 e. The number of carboxylic acid groups (broad SMARTS) is 1. The van der Waals surface area contributed by atoms with Crippen LogP contribution in [0, 0.1) is 11.7 Å². The predicted octanol–water partition coefficient (Wildman–Crippen LogP) is 3.06. The SMILES string of the molecule is CC(C)(C)OC(=O)[C@H](Cc1ccc(Cl)c(F)c1)C(=O)O. The number of hydrogen-bond acceptors (Lipinski definition) is 3. The van der Waals surface area contributed by atoms with Crippen molar-refractivity contribution in [2.24, 2.45) is 5.92 Å². The summed E-state index contributed by atoms with van der Waals surface area (Å²) in [6.07, 6.45) is -0.154. The maximum absolute atomic E-state index is 13.3.